The number of aromatic nitrogens is 1. The molecular weight excluding hydrogens is 340 g/mol. The maximum Gasteiger partial charge on any atom is 0.238 e. The van der Waals surface area contributed by atoms with Crippen LogP contribution in [0.4, 0.5) is 5.69 Å². The van der Waals surface area contributed by atoms with Crippen LogP contribution < -0.4 is 10.1 Å². The SMILES string of the molecule is CCc1c(C)nc(OC)c(NC(=O)C(C)(C)C)c1C(O)c1ccccc1C. The number of pyridine rings is 1. The van der Waals surface area contributed by atoms with Crippen LogP contribution in [0.15, 0.2) is 24.3 Å². The molecule has 0 aliphatic carbocycles. The lowest BCUT2D eigenvalue weighted by atomic mass is 9.90. The molecule has 1 aromatic heterocycles. The first-order chi connectivity index (χ1) is 12.6. The molecule has 0 aliphatic heterocycles. The molecule has 0 fully saturated rings. The summed E-state index contributed by atoms with van der Waals surface area (Å²) in [6.45, 7) is 11.4. The number of nitrogens with zero attached hydrogens (tertiary/aromatic N) is 1. The average Bonchev–Trinajstić information content (AvgIpc) is 2.61. The van der Waals surface area contributed by atoms with Gasteiger partial charge in [-0.1, -0.05) is 52.0 Å². The third-order valence-corrected chi connectivity index (χ3v) is 4.74. The van der Waals surface area contributed by atoms with Crippen molar-refractivity contribution in [1.29, 1.82) is 0 Å². The zero-order chi connectivity index (χ0) is 20.4. The van der Waals surface area contributed by atoms with E-state index in [1.54, 1.807) is 0 Å². The van der Waals surface area contributed by atoms with Gasteiger partial charge in [0.25, 0.3) is 0 Å². The number of benzene rings is 1. The number of carbonyl (C=O) groups excluding carboxylic acids is 1. The van der Waals surface area contributed by atoms with Crippen molar-refractivity contribution in [3.63, 3.8) is 0 Å². The number of anilines is 1. The summed E-state index contributed by atoms with van der Waals surface area (Å²) in [4.78, 5) is 17.2. The number of methoxy groups -OCH3 is 1. The van der Waals surface area contributed by atoms with Crippen molar-refractivity contribution in [1.82, 2.24) is 4.98 Å². The summed E-state index contributed by atoms with van der Waals surface area (Å²) < 4.78 is 5.46. The van der Waals surface area contributed by atoms with Crippen LogP contribution in [0.25, 0.3) is 0 Å². The van der Waals surface area contributed by atoms with E-state index in [4.69, 9.17) is 4.74 Å². The largest absolute Gasteiger partial charge is 0.479 e. The van der Waals surface area contributed by atoms with Crippen molar-refractivity contribution < 1.29 is 14.6 Å². The van der Waals surface area contributed by atoms with Crippen molar-refractivity contribution in [2.45, 2.75) is 54.1 Å². The molecule has 0 saturated heterocycles. The first-order valence-electron chi connectivity index (χ1n) is 9.24. The van der Waals surface area contributed by atoms with Crippen LogP contribution in [-0.4, -0.2) is 23.1 Å². The summed E-state index contributed by atoms with van der Waals surface area (Å²) in [5, 5.41) is 14.2. The Balaban J connectivity index is 2.74. The van der Waals surface area contributed by atoms with E-state index in [1.807, 2.05) is 65.8 Å². The van der Waals surface area contributed by atoms with Gasteiger partial charge in [0, 0.05) is 16.7 Å². The second kappa shape index (κ2) is 8.09. The van der Waals surface area contributed by atoms with E-state index >= 15 is 0 Å². The highest BCUT2D eigenvalue weighted by Crippen LogP contribution is 2.39. The Morgan fingerprint density at radius 1 is 1.26 bits per heavy atom. The van der Waals surface area contributed by atoms with Crippen molar-refractivity contribution in [2.75, 3.05) is 12.4 Å². The molecule has 0 bridgehead atoms. The molecule has 1 aromatic carbocycles. The number of hydrogen-bond donors (Lipinski definition) is 2. The number of rotatable bonds is 5. The molecule has 2 aromatic rings. The zero-order valence-corrected chi connectivity index (χ0v) is 17.3. The summed E-state index contributed by atoms with van der Waals surface area (Å²) in [6, 6.07) is 7.70. The van der Waals surface area contributed by atoms with E-state index in [0.29, 0.717) is 23.6 Å². The number of nitrogens with one attached hydrogen (secondary N) is 1. The van der Waals surface area contributed by atoms with Crippen LogP contribution in [0.3, 0.4) is 0 Å². The summed E-state index contributed by atoms with van der Waals surface area (Å²) in [6.07, 6.45) is -0.216. The minimum atomic E-state index is -0.896. The Morgan fingerprint density at radius 3 is 2.41 bits per heavy atom. The van der Waals surface area contributed by atoms with Crippen molar-refractivity contribution >= 4 is 11.6 Å². The quantitative estimate of drug-likeness (QED) is 0.821. The summed E-state index contributed by atoms with van der Waals surface area (Å²) in [7, 11) is 1.52. The van der Waals surface area contributed by atoms with E-state index in [2.05, 4.69) is 10.3 Å². The van der Waals surface area contributed by atoms with E-state index in [9.17, 15) is 9.90 Å². The first kappa shape index (κ1) is 20.9. The predicted octanol–water partition coefficient (Wildman–Crippen LogP) is 4.34. The van der Waals surface area contributed by atoms with Gasteiger partial charge >= 0.3 is 0 Å². The molecular formula is C22H30N2O3. The molecule has 1 unspecified atom stereocenters. The molecule has 2 rings (SSSR count). The van der Waals surface area contributed by atoms with Gasteiger partial charge in [0.1, 0.15) is 11.8 Å². The maximum absolute atomic E-state index is 12.7. The molecule has 27 heavy (non-hydrogen) atoms. The fourth-order valence-corrected chi connectivity index (χ4v) is 3.10. The fourth-order valence-electron chi connectivity index (χ4n) is 3.10. The zero-order valence-electron chi connectivity index (χ0n) is 17.3. The van der Waals surface area contributed by atoms with Gasteiger partial charge in [-0.15, -0.1) is 0 Å². The van der Waals surface area contributed by atoms with Crippen molar-refractivity contribution in [2.24, 2.45) is 5.41 Å². The highest BCUT2D eigenvalue weighted by atomic mass is 16.5. The average molecular weight is 370 g/mol. The van der Waals surface area contributed by atoms with Gasteiger partial charge in [-0.25, -0.2) is 4.98 Å². The van der Waals surface area contributed by atoms with E-state index in [1.165, 1.54) is 7.11 Å². The Labute approximate surface area is 161 Å². The molecule has 0 spiro atoms. The van der Waals surface area contributed by atoms with Crippen LogP contribution >= 0.6 is 0 Å². The second-order valence-corrected chi connectivity index (χ2v) is 7.79. The smallest absolute Gasteiger partial charge is 0.238 e. The maximum atomic E-state index is 12.7. The van der Waals surface area contributed by atoms with Gasteiger partial charge in [-0.2, -0.15) is 0 Å². The van der Waals surface area contributed by atoms with Crippen LogP contribution in [0, 0.1) is 19.3 Å². The third-order valence-electron chi connectivity index (χ3n) is 4.74. The van der Waals surface area contributed by atoms with Gasteiger partial charge in [0.05, 0.1) is 7.11 Å². The minimum absolute atomic E-state index is 0.160. The molecule has 1 heterocycles. The fraction of sp³-hybridized carbons (Fsp3) is 0.455. The molecule has 5 nitrogen and oxygen atoms in total. The molecule has 5 heteroatoms. The summed E-state index contributed by atoms with van der Waals surface area (Å²) in [5.74, 6) is 0.150. The second-order valence-electron chi connectivity index (χ2n) is 7.79. The monoisotopic (exact) mass is 370 g/mol. The molecule has 0 radical (unpaired) electrons. The van der Waals surface area contributed by atoms with E-state index < -0.39 is 11.5 Å². The number of hydrogen-bond acceptors (Lipinski definition) is 4. The number of aliphatic hydroxyl groups is 1. The first-order valence-corrected chi connectivity index (χ1v) is 9.24. The highest BCUT2D eigenvalue weighted by molar-refractivity contribution is 5.96. The lowest BCUT2D eigenvalue weighted by Gasteiger charge is -2.26. The molecule has 0 aliphatic rings. The summed E-state index contributed by atoms with van der Waals surface area (Å²) in [5.41, 5.74) is 3.97. The third kappa shape index (κ3) is 4.30. The van der Waals surface area contributed by atoms with Crippen molar-refractivity contribution in [3.8, 4) is 5.88 Å². The number of ether oxygens (including phenoxy) is 1. The number of amides is 1. The summed E-state index contributed by atoms with van der Waals surface area (Å²) >= 11 is 0. The topological polar surface area (TPSA) is 71.5 Å². The Morgan fingerprint density at radius 2 is 1.89 bits per heavy atom. The van der Waals surface area contributed by atoms with Gasteiger partial charge < -0.3 is 15.2 Å². The molecule has 1 atom stereocenters. The standard InChI is InChI=1S/C22H30N2O3/c1-8-15-14(3)23-20(27-7)18(24-21(26)22(4,5)6)17(15)19(25)16-12-10-9-11-13(16)2/h9-12,19,25H,8H2,1-7H3,(H,24,26). The van der Waals surface area contributed by atoms with Crippen LogP contribution in [0.1, 0.15) is 61.7 Å². The number of aliphatic hydroxyl groups excluding tert-OH is 1. The molecule has 1 amide bonds. The van der Waals surface area contributed by atoms with Crippen molar-refractivity contribution in [3.05, 3.63) is 52.2 Å². The van der Waals surface area contributed by atoms with Gasteiger partial charge in [-0.05, 0) is 37.0 Å². The van der Waals surface area contributed by atoms with Crippen LogP contribution in [-0.2, 0) is 11.2 Å². The van der Waals surface area contributed by atoms with Crippen LogP contribution in [0.2, 0.25) is 0 Å². The number of aryl methyl sites for hydroxylation is 2. The van der Waals surface area contributed by atoms with E-state index in [-0.39, 0.29) is 5.91 Å². The lowest BCUT2D eigenvalue weighted by Crippen LogP contribution is -2.29. The van der Waals surface area contributed by atoms with Gasteiger partial charge in [0.15, 0.2) is 0 Å². The normalized spacial score (nSPS) is 12.6. The Kier molecular flexibility index (Phi) is 6.26. The molecule has 0 saturated carbocycles. The van der Waals surface area contributed by atoms with E-state index in [0.717, 1.165) is 22.4 Å². The predicted molar refractivity (Wildman–Crippen MR) is 108 cm³/mol. The lowest BCUT2D eigenvalue weighted by molar-refractivity contribution is -0.123. The molecule has 2 N–H and O–H groups in total. The Bertz CT molecular complexity index is 838. The van der Waals surface area contributed by atoms with Gasteiger partial charge in [0.2, 0.25) is 11.8 Å². The van der Waals surface area contributed by atoms with Gasteiger partial charge in [-0.3, -0.25) is 4.79 Å². The molecule has 146 valence electrons. The minimum Gasteiger partial charge on any atom is -0.479 e. The highest BCUT2D eigenvalue weighted by Gasteiger charge is 2.29. The number of carbonyl (C=O) groups is 1. The Hall–Kier alpha value is -2.40. The van der Waals surface area contributed by atoms with Crippen LogP contribution in [0.5, 0.6) is 5.88 Å².